The molecule has 4 nitrogen and oxygen atoms in total. The fourth-order valence-corrected chi connectivity index (χ4v) is 2.69. The molecule has 0 aliphatic heterocycles. The fourth-order valence-electron chi connectivity index (χ4n) is 2.57. The second kappa shape index (κ2) is 6.48. The Labute approximate surface area is 130 Å². The Morgan fingerprint density at radius 2 is 1.90 bits per heavy atom. The van der Waals surface area contributed by atoms with Gasteiger partial charge in [-0.05, 0) is 37.0 Å². The molecule has 1 amide bonds. The molecule has 0 radical (unpaired) electrons. The van der Waals surface area contributed by atoms with Gasteiger partial charge in [0.05, 0.1) is 12.5 Å². The predicted molar refractivity (Wildman–Crippen MR) is 81.3 cm³/mol. The van der Waals surface area contributed by atoms with Crippen molar-refractivity contribution in [2.45, 2.75) is 31.6 Å². The van der Waals surface area contributed by atoms with Gasteiger partial charge in [0.15, 0.2) is 0 Å². The number of carbonyl (C=O) groups excluding carboxylic acids is 2. The molecule has 1 aromatic rings. The van der Waals surface area contributed by atoms with E-state index in [-0.39, 0.29) is 18.4 Å². The highest BCUT2D eigenvalue weighted by Crippen LogP contribution is 2.49. The summed E-state index contributed by atoms with van der Waals surface area (Å²) in [7, 11) is 1.34. The van der Waals surface area contributed by atoms with Crippen molar-refractivity contribution in [3.05, 3.63) is 34.9 Å². The Hall–Kier alpha value is -1.55. The lowest BCUT2D eigenvalue weighted by Gasteiger charge is -2.26. The largest absolute Gasteiger partial charge is 0.468 e. The quantitative estimate of drug-likeness (QED) is 0.759. The van der Waals surface area contributed by atoms with Gasteiger partial charge < -0.3 is 9.64 Å². The van der Waals surface area contributed by atoms with Gasteiger partial charge in [-0.15, -0.1) is 0 Å². The lowest BCUT2D eigenvalue weighted by molar-refractivity contribution is -0.148. The third-order valence-corrected chi connectivity index (χ3v) is 4.14. The maximum absolute atomic E-state index is 12.8. The minimum absolute atomic E-state index is 0.0112. The van der Waals surface area contributed by atoms with Crippen molar-refractivity contribution in [3.63, 3.8) is 0 Å². The summed E-state index contributed by atoms with van der Waals surface area (Å²) >= 11 is 5.91. The smallest absolute Gasteiger partial charge is 0.325 e. The molecule has 0 bridgehead atoms. The summed E-state index contributed by atoms with van der Waals surface area (Å²) in [5, 5.41) is 0.655. The molecule has 0 saturated heterocycles. The van der Waals surface area contributed by atoms with Gasteiger partial charge in [-0.2, -0.15) is 0 Å². The van der Waals surface area contributed by atoms with Gasteiger partial charge in [0, 0.05) is 11.6 Å². The van der Waals surface area contributed by atoms with Gasteiger partial charge >= 0.3 is 5.97 Å². The highest BCUT2D eigenvalue weighted by atomic mass is 35.5. The zero-order valence-electron chi connectivity index (χ0n) is 12.4. The average Bonchev–Trinajstić information content (AvgIpc) is 3.28. The van der Waals surface area contributed by atoms with E-state index in [1.165, 1.54) is 7.11 Å². The van der Waals surface area contributed by atoms with Crippen LogP contribution in [0.25, 0.3) is 0 Å². The number of rotatable bonds is 6. The Morgan fingerprint density at radius 3 is 2.38 bits per heavy atom. The van der Waals surface area contributed by atoms with E-state index in [0.29, 0.717) is 11.6 Å². The molecule has 1 fully saturated rings. The summed E-state index contributed by atoms with van der Waals surface area (Å²) in [5.41, 5.74) is 0.496. The number of amides is 1. The van der Waals surface area contributed by atoms with Crippen LogP contribution in [0, 0.1) is 0 Å². The molecule has 5 heteroatoms. The van der Waals surface area contributed by atoms with Gasteiger partial charge in [0.1, 0.15) is 6.54 Å². The van der Waals surface area contributed by atoms with Crippen LogP contribution < -0.4 is 0 Å². The Morgan fingerprint density at radius 1 is 1.29 bits per heavy atom. The molecule has 0 aromatic heterocycles. The fraction of sp³-hybridized carbons (Fsp3) is 0.500. The van der Waals surface area contributed by atoms with Crippen molar-refractivity contribution in [2.75, 3.05) is 20.2 Å². The van der Waals surface area contributed by atoms with Gasteiger partial charge in [0.2, 0.25) is 5.91 Å². The van der Waals surface area contributed by atoms with Crippen molar-refractivity contribution in [1.29, 1.82) is 0 Å². The summed E-state index contributed by atoms with van der Waals surface area (Å²) in [6.45, 7) is 2.56. The van der Waals surface area contributed by atoms with Crippen molar-refractivity contribution in [3.8, 4) is 0 Å². The van der Waals surface area contributed by atoms with Crippen LogP contribution >= 0.6 is 11.6 Å². The first-order valence-corrected chi connectivity index (χ1v) is 7.53. The molecule has 1 aliphatic rings. The number of esters is 1. The van der Waals surface area contributed by atoms with Crippen LogP contribution in [0.5, 0.6) is 0 Å². The van der Waals surface area contributed by atoms with Crippen LogP contribution in [0.4, 0.5) is 0 Å². The molecule has 1 aromatic carbocycles. The van der Waals surface area contributed by atoms with Gasteiger partial charge in [-0.1, -0.05) is 30.7 Å². The minimum atomic E-state index is -0.478. The zero-order chi connectivity index (χ0) is 15.5. The second-order valence-corrected chi connectivity index (χ2v) is 5.83. The minimum Gasteiger partial charge on any atom is -0.468 e. The van der Waals surface area contributed by atoms with Crippen LogP contribution in [0.2, 0.25) is 5.02 Å². The number of ether oxygens (including phenoxy) is 1. The molecule has 0 N–H and O–H groups in total. The standard InChI is InChI=1S/C16H20ClNO3/c1-3-10-18(11-14(19)21-2)15(20)16(8-9-16)12-4-6-13(17)7-5-12/h4-7H,3,8-11H2,1-2H3. The SMILES string of the molecule is CCCN(CC(=O)OC)C(=O)C1(c2ccc(Cl)cc2)CC1. The zero-order valence-corrected chi connectivity index (χ0v) is 13.2. The van der Waals surface area contributed by atoms with E-state index in [9.17, 15) is 9.59 Å². The number of benzene rings is 1. The maximum Gasteiger partial charge on any atom is 0.325 e. The van der Waals surface area contributed by atoms with Crippen LogP contribution in [-0.2, 0) is 19.7 Å². The van der Waals surface area contributed by atoms with Crippen molar-refractivity contribution >= 4 is 23.5 Å². The van der Waals surface area contributed by atoms with Crippen LogP contribution in [-0.4, -0.2) is 37.0 Å². The average molecular weight is 310 g/mol. The molecule has 0 heterocycles. The first-order chi connectivity index (χ1) is 10.0. The number of carbonyl (C=O) groups is 2. The molecular formula is C16H20ClNO3. The lowest BCUT2D eigenvalue weighted by atomic mass is 9.94. The molecule has 2 rings (SSSR count). The Bertz CT molecular complexity index is 523. The summed E-state index contributed by atoms with van der Waals surface area (Å²) in [4.78, 5) is 25.9. The number of halogens is 1. The van der Waals surface area contributed by atoms with Crippen molar-refractivity contribution in [1.82, 2.24) is 4.90 Å². The molecule has 114 valence electrons. The second-order valence-electron chi connectivity index (χ2n) is 5.39. The highest BCUT2D eigenvalue weighted by molar-refractivity contribution is 6.30. The number of methoxy groups -OCH3 is 1. The van der Waals surface area contributed by atoms with E-state index < -0.39 is 5.41 Å². The summed E-state index contributed by atoms with van der Waals surface area (Å²) < 4.78 is 4.68. The topological polar surface area (TPSA) is 46.6 Å². The predicted octanol–water partition coefficient (Wildman–Crippen LogP) is 2.78. The highest BCUT2D eigenvalue weighted by Gasteiger charge is 2.53. The molecule has 0 spiro atoms. The Kier molecular flexibility index (Phi) is 4.88. The van der Waals surface area contributed by atoms with E-state index in [2.05, 4.69) is 4.74 Å². The van der Waals surface area contributed by atoms with E-state index in [1.54, 1.807) is 17.0 Å². The van der Waals surface area contributed by atoms with E-state index in [1.807, 2.05) is 19.1 Å². The summed E-state index contributed by atoms with van der Waals surface area (Å²) in [6.07, 6.45) is 2.43. The monoisotopic (exact) mass is 309 g/mol. The van der Waals surface area contributed by atoms with Crippen LogP contribution in [0.15, 0.2) is 24.3 Å². The normalized spacial score (nSPS) is 15.4. The van der Waals surface area contributed by atoms with Gasteiger partial charge in [-0.25, -0.2) is 0 Å². The molecule has 1 aliphatic carbocycles. The van der Waals surface area contributed by atoms with E-state index in [0.717, 1.165) is 24.8 Å². The van der Waals surface area contributed by atoms with E-state index >= 15 is 0 Å². The molecule has 1 saturated carbocycles. The first-order valence-electron chi connectivity index (χ1n) is 7.15. The summed E-state index contributed by atoms with van der Waals surface area (Å²) in [6, 6.07) is 7.40. The maximum atomic E-state index is 12.8. The number of hydrogen-bond donors (Lipinski definition) is 0. The van der Waals surface area contributed by atoms with Crippen LogP contribution in [0.3, 0.4) is 0 Å². The summed E-state index contributed by atoms with van der Waals surface area (Å²) in [5.74, 6) is -0.374. The Balaban J connectivity index is 2.19. The molecular weight excluding hydrogens is 290 g/mol. The number of nitrogens with zero attached hydrogens (tertiary/aromatic N) is 1. The lowest BCUT2D eigenvalue weighted by Crippen LogP contribution is -2.43. The first kappa shape index (κ1) is 15.8. The van der Waals surface area contributed by atoms with Crippen molar-refractivity contribution < 1.29 is 14.3 Å². The van der Waals surface area contributed by atoms with Crippen molar-refractivity contribution in [2.24, 2.45) is 0 Å². The third-order valence-electron chi connectivity index (χ3n) is 3.88. The third kappa shape index (κ3) is 3.38. The number of hydrogen-bond acceptors (Lipinski definition) is 3. The van der Waals surface area contributed by atoms with Crippen LogP contribution in [0.1, 0.15) is 31.7 Å². The molecule has 21 heavy (non-hydrogen) atoms. The molecule has 0 unspecified atom stereocenters. The van der Waals surface area contributed by atoms with E-state index in [4.69, 9.17) is 11.6 Å². The van der Waals surface area contributed by atoms with Gasteiger partial charge in [0.25, 0.3) is 0 Å². The molecule has 0 atom stereocenters. The van der Waals surface area contributed by atoms with Gasteiger partial charge in [-0.3, -0.25) is 9.59 Å².